The lowest BCUT2D eigenvalue weighted by molar-refractivity contribution is -0.122. The van der Waals surface area contributed by atoms with Crippen LogP contribution in [0.25, 0.3) is 0 Å². The van der Waals surface area contributed by atoms with Crippen LogP contribution in [0.4, 0.5) is 0 Å². The average molecular weight is 301 g/mol. The van der Waals surface area contributed by atoms with E-state index in [1.807, 2.05) is 25.1 Å². The summed E-state index contributed by atoms with van der Waals surface area (Å²) >= 11 is 3.41. The molecule has 2 atom stereocenters. The highest BCUT2D eigenvalue weighted by Crippen LogP contribution is 2.27. The highest BCUT2D eigenvalue weighted by Gasteiger charge is 2.13. The van der Waals surface area contributed by atoms with Crippen LogP contribution < -0.4 is 15.8 Å². The van der Waals surface area contributed by atoms with E-state index < -0.39 is 6.04 Å². The van der Waals surface area contributed by atoms with E-state index >= 15 is 0 Å². The molecule has 4 nitrogen and oxygen atoms in total. The first kappa shape index (κ1) is 14.0. The highest BCUT2D eigenvalue weighted by atomic mass is 79.9. The SMILES string of the molecule is COc1ccc(C(C)NC(=O)[C@@H](C)N)cc1Br. The van der Waals surface area contributed by atoms with Crippen LogP contribution in [0.3, 0.4) is 0 Å². The smallest absolute Gasteiger partial charge is 0.237 e. The molecular formula is C12H17BrN2O2. The number of amides is 1. The van der Waals surface area contributed by atoms with E-state index in [0.29, 0.717) is 0 Å². The third-order valence-corrected chi connectivity index (χ3v) is 3.07. The second-order valence-electron chi connectivity index (χ2n) is 3.91. The summed E-state index contributed by atoms with van der Waals surface area (Å²) in [5.74, 6) is 0.601. The summed E-state index contributed by atoms with van der Waals surface area (Å²) in [6.07, 6.45) is 0. The van der Waals surface area contributed by atoms with Gasteiger partial charge in [0.15, 0.2) is 0 Å². The Morgan fingerprint density at radius 2 is 2.12 bits per heavy atom. The molecule has 0 aromatic heterocycles. The van der Waals surface area contributed by atoms with Crippen molar-refractivity contribution in [2.24, 2.45) is 5.73 Å². The molecule has 94 valence electrons. The predicted molar refractivity (Wildman–Crippen MR) is 70.9 cm³/mol. The molecule has 0 fully saturated rings. The van der Waals surface area contributed by atoms with Crippen LogP contribution in [0.15, 0.2) is 22.7 Å². The van der Waals surface area contributed by atoms with Gasteiger partial charge in [0.1, 0.15) is 5.75 Å². The predicted octanol–water partition coefficient (Wildman–Crippen LogP) is 1.98. The maximum atomic E-state index is 11.5. The minimum absolute atomic E-state index is 0.0873. The normalized spacial score (nSPS) is 13.9. The Kier molecular flexibility index (Phi) is 4.96. The van der Waals surface area contributed by atoms with Gasteiger partial charge in [0, 0.05) is 0 Å². The minimum atomic E-state index is -0.501. The number of halogens is 1. The number of nitrogens with two attached hydrogens (primary N) is 1. The molecule has 1 unspecified atom stereocenters. The Labute approximate surface area is 110 Å². The molecular weight excluding hydrogens is 284 g/mol. The molecule has 17 heavy (non-hydrogen) atoms. The maximum Gasteiger partial charge on any atom is 0.237 e. The van der Waals surface area contributed by atoms with E-state index in [-0.39, 0.29) is 11.9 Å². The maximum absolute atomic E-state index is 11.5. The van der Waals surface area contributed by atoms with E-state index in [1.165, 1.54) is 0 Å². The van der Waals surface area contributed by atoms with Gasteiger partial charge in [0.25, 0.3) is 0 Å². The van der Waals surface area contributed by atoms with Crippen LogP contribution in [0.5, 0.6) is 5.75 Å². The van der Waals surface area contributed by atoms with Gasteiger partial charge in [-0.05, 0) is 47.5 Å². The Bertz CT molecular complexity index is 407. The first-order valence-corrected chi connectivity index (χ1v) is 6.14. The number of rotatable bonds is 4. The highest BCUT2D eigenvalue weighted by molar-refractivity contribution is 9.10. The van der Waals surface area contributed by atoms with Gasteiger partial charge >= 0.3 is 0 Å². The van der Waals surface area contributed by atoms with Crippen molar-refractivity contribution in [1.29, 1.82) is 0 Å². The van der Waals surface area contributed by atoms with Gasteiger partial charge in [0.05, 0.1) is 23.7 Å². The molecule has 0 saturated heterocycles. The summed E-state index contributed by atoms with van der Waals surface area (Å²) in [6.45, 7) is 3.57. The van der Waals surface area contributed by atoms with Crippen LogP contribution in [0, 0.1) is 0 Å². The monoisotopic (exact) mass is 300 g/mol. The van der Waals surface area contributed by atoms with E-state index in [4.69, 9.17) is 10.5 Å². The van der Waals surface area contributed by atoms with Crippen LogP contribution in [-0.2, 0) is 4.79 Å². The second-order valence-corrected chi connectivity index (χ2v) is 4.77. The average Bonchev–Trinajstić information content (AvgIpc) is 2.28. The standard InChI is InChI=1S/C12H17BrN2O2/c1-7(14)12(16)15-8(2)9-4-5-11(17-3)10(13)6-9/h4-8H,14H2,1-3H3,(H,15,16)/t7-,8?/m1/s1. The van der Waals surface area contributed by atoms with Crippen LogP contribution >= 0.6 is 15.9 Å². The second kappa shape index (κ2) is 6.02. The number of hydrogen-bond donors (Lipinski definition) is 2. The lowest BCUT2D eigenvalue weighted by Crippen LogP contribution is -2.39. The molecule has 1 aromatic carbocycles. The number of ether oxygens (including phenoxy) is 1. The van der Waals surface area contributed by atoms with E-state index in [1.54, 1.807) is 14.0 Å². The fraction of sp³-hybridized carbons (Fsp3) is 0.417. The van der Waals surface area contributed by atoms with Crippen LogP contribution in [0.1, 0.15) is 25.5 Å². The number of hydrogen-bond acceptors (Lipinski definition) is 3. The third kappa shape index (κ3) is 3.71. The molecule has 0 bridgehead atoms. The van der Waals surface area contributed by atoms with Gasteiger partial charge in [-0.2, -0.15) is 0 Å². The van der Waals surface area contributed by atoms with Crippen molar-refractivity contribution in [2.45, 2.75) is 25.9 Å². The molecule has 1 amide bonds. The summed E-state index contributed by atoms with van der Waals surface area (Å²) in [6, 6.07) is 5.10. The van der Waals surface area contributed by atoms with Crippen LogP contribution in [0.2, 0.25) is 0 Å². The molecule has 0 saturated carbocycles. The molecule has 0 aliphatic carbocycles. The Balaban J connectivity index is 2.79. The Morgan fingerprint density at radius 1 is 1.47 bits per heavy atom. The number of methoxy groups -OCH3 is 1. The van der Waals surface area contributed by atoms with Crippen molar-refractivity contribution >= 4 is 21.8 Å². The molecule has 0 heterocycles. The molecule has 0 spiro atoms. The van der Waals surface area contributed by atoms with Crippen molar-refractivity contribution in [3.63, 3.8) is 0 Å². The van der Waals surface area contributed by atoms with Gasteiger partial charge in [-0.1, -0.05) is 6.07 Å². The van der Waals surface area contributed by atoms with Crippen molar-refractivity contribution in [1.82, 2.24) is 5.32 Å². The summed E-state index contributed by atoms with van der Waals surface area (Å²) < 4.78 is 6.01. The number of carbonyl (C=O) groups excluding carboxylic acids is 1. The lowest BCUT2D eigenvalue weighted by Gasteiger charge is -2.17. The van der Waals surface area contributed by atoms with Gasteiger partial charge in [-0.25, -0.2) is 0 Å². The fourth-order valence-corrected chi connectivity index (χ4v) is 1.94. The van der Waals surface area contributed by atoms with Crippen molar-refractivity contribution < 1.29 is 9.53 Å². The zero-order chi connectivity index (χ0) is 13.0. The largest absolute Gasteiger partial charge is 0.496 e. The molecule has 1 rings (SSSR count). The zero-order valence-electron chi connectivity index (χ0n) is 10.2. The molecule has 3 N–H and O–H groups in total. The number of carbonyl (C=O) groups is 1. The van der Waals surface area contributed by atoms with Gasteiger partial charge in [0.2, 0.25) is 5.91 Å². The number of nitrogens with one attached hydrogen (secondary N) is 1. The molecule has 0 radical (unpaired) electrons. The first-order chi connectivity index (χ1) is 7.95. The summed E-state index contributed by atoms with van der Waals surface area (Å²) in [5, 5.41) is 2.83. The summed E-state index contributed by atoms with van der Waals surface area (Å²) in [7, 11) is 1.61. The minimum Gasteiger partial charge on any atom is -0.496 e. The Hall–Kier alpha value is -1.07. The van der Waals surface area contributed by atoms with E-state index in [9.17, 15) is 4.79 Å². The topological polar surface area (TPSA) is 64.3 Å². The lowest BCUT2D eigenvalue weighted by atomic mass is 10.1. The molecule has 0 aliphatic heterocycles. The summed E-state index contributed by atoms with van der Waals surface area (Å²) in [4.78, 5) is 11.5. The molecule has 0 aliphatic rings. The van der Waals surface area contributed by atoms with E-state index in [2.05, 4.69) is 21.2 Å². The third-order valence-electron chi connectivity index (χ3n) is 2.45. The molecule has 5 heteroatoms. The van der Waals surface area contributed by atoms with Crippen molar-refractivity contribution in [3.8, 4) is 5.75 Å². The fourth-order valence-electron chi connectivity index (χ4n) is 1.38. The van der Waals surface area contributed by atoms with Gasteiger partial charge in [-0.3, -0.25) is 4.79 Å². The summed E-state index contributed by atoms with van der Waals surface area (Å²) in [5.41, 5.74) is 6.49. The van der Waals surface area contributed by atoms with Crippen LogP contribution in [-0.4, -0.2) is 19.1 Å². The van der Waals surface area contributed by atoms with Gasteiger partial charge < -0.3 is 15.8 Å². The van der Waals surface area contributed by atoms with Gasteiger partial charge in [-0.15, -0.1) is 0 Å². The zero-order valence-corrected chi connectivity index (χ0v) is 11.7. The molecule has 1 aromatic rings. The Morgan fingerprint density at radius 3 is 2.59 bits per heavy atom. The first-order valence-electron chi connectivity index (χ1n) is 5.35. The van der Waals surface area contributed by atoms with Crippen molar-refractivity contribution in [3.05, 3.63) is 28.2 Å². The van der Waals surface area contributed by atoms with Crippen molar-refractivity contribution in [2.75, 3.05) is 7.11 Å². The van der Waals surface area contributed by atoms with E-state index in [0.717, 1.165) is 15.8 Å². The quantitative estimate of drug-likeness (QED) is 0.894. The number of benzene rings is 1.